The molecule has 4 nitrogen and oxygen atoms in total. The predicted octanol–water partition coefficient (Wildman–Crippen LogP) is 2.80. The van der Waals surface area contributed by atoms with Gasteiger partial charge in [-0.3, -0.25) is 9.59 Å². The van der Waals surface area contributed by atoms with Crippen molar-refractivity contribution in [1.29, 1.82) is 0 Å². The van der Waals surface area contributed by atoms with Gasteiger partial charge in [0.1, 0.15) is 0 Å². The van der Waals surface area contributed by atoms with Gasteiger partial charge in [0.2, 0.25) is 0 Å². The molecule has 0 saturated heterocycles. The lowest BCUT2D eigenvalue weighted by Crippen LogP contribution is -2.36. The minimum atomic E-state index is -4.91. The summed E-state index contributed by atoms with van der Waals surface area (Å²) in [6.45, 7) is 0.118. The van der Waals surface area contributed by atoms with E-state index in [0.29, 0.717) is 17.7 Å². The lowest BCUT2D eigenvalue weighted by molar-refractivity contribution is -0.173. The number of hydrogen-bond donors (Lipinski definition) is 2. The van der Waals surface area contributed by atoms with Crippen LogP contribution in [-0.2, 0) is 17.9 Å². The number of amides is 2. The molecule has 2 aromatic carbocycles. The molecule has 24 heavy (non-hydrogen) atoms. The van der Waals surface area contributed by atoms with Crippen molar-refractivity contribution in [3.8, 4) is 0 Å². The van der Waals surface area contributed by atoms with E-state index in [0.717, 1.165) is 5.56 Å². The summed E-state index contributed by atoms with van der Waals surface area (Å²) in [6.07, 6.45) is -4.91. The molecular weight excluding hydrogens is 321 g/mol. The van der Waals surface area contributed by atoms with Gasteiger partial charge in [-0.15, -0.1) is 0 Å². The Labute approximate surface area is 136 Å². The number of hydrogen-bond acceptors (Lipinski definition) is 2. The number of carbonyl (C=O) groups excluding carboxylic acids is 2. The average Bonchev–Trinajstić information content (AvgIpc) is 2.58. The summed E-state index contributed by atoms with van der Waals surface area (Å²) in [5.74, 6) is -2.28. The molecule has 0 aliphatic rings. The summed E-state index contributed by atoms with van der Waals surface area (Å²) in [7, 11) is 0. The number of carbonyl (C=O) groups is 2. The number of benzene rings is 2. The minimum Gasteiger partial charge on any atom is -0.348 e. The Hall–Kier alpha value is -2.83. The van der Waals surface area contributed by atoms with Crippen LogP contribution >= 0.6 is 0 Å². The summed E-state index contributed by atoms with van der Waals surface area (Å²) in [5, 5.41) is 4.52. The van der Waals surface area contributed by atoms with Gasteiger partial charge in [-0.05, 0) is 23.3 Å². The standard InChI is InChI=1S/C17H15F3N2O2/c18-17(19,20)16(24)22-11-13-6-8-14(9-7-13)15(23)21-10-12-4-2-1-3-5-12/h1-9H,10-11H2,(H,21,23)(H,22,24). The lowest BCUT2D eigenvalue weighted by atomic mass is 10.1. The number of rotatable bonds is 5. The van der Waals surface area contributed by atoms with Crippen LogP contribution < -0.4 is 10.6 Å². The third-order valence-corrected chi connectivity index (χ3v) is 3.22. The number of nitrogens with one attached hydrogen (secondary N) is 2. The topological polar surface area (TPSA) is 58.2 Å². The SMILES string of the molecule is O=C(NCc1ccccc1)c1ccc(CNC(=O)C(F)(F)F)cc1. The van der Waals surface area contributed by atoms with Crippen molar-refractivity contribution < 1.29 is 22.8 Å². The van der Waals surface area contributed by atoms with Gasteiger partial charge in [0.05, 0.1) is 0 Å². The highest BCUT2D eigenvalue weighted by atomic mass is 19.4. The maximum atomic E-state index is 12.1. The van der Waals surface area contributed by atoms with Crippen molar-refractivity contribution in [2.24, 2.45) is 0 Å². The Bertz CT molecular complexity index is 698. The van der Waals surface area contributed by atoms with E-state index < -0.39 is 12.1 Å². The fourth-order valence-electron chi connectivity index (χ4n) is 1.94. The quantitative estimate of drug-likeness (QED) is 0.882. The molecule has 0 aromatic heterocycles. The molecule has 0 aliphatic heterocycles. The monoisotopic (exact) mass is 336 g/mol. The van der Waals surface area contributed by atoms with Crippen LogP contribution in [0.4, 0.5) is 13.2 Å². The smallest absolute Gasteiger partial charge is 0.348 e. The molecule has 0 heterocycles. The maximum Gasteiger partial charge on any atom is 0.471 e. The first kappa shape index (κ1) is 17.5. The summed E-state index contributed by atoms with van der Waals surface area (Å²) in [6, 6.07) is 15.4. The normalized spacial score (nSPS) is 11.0. The van der Waals surface area contributed by atoms with E-state index in [9.17, 15) is 22.8 Å². The zero-order valence-corrected chi connectivity index (χ0v) is 12.6. The van der Waals surface area contributed by atoms with E-state index in [-0.39, 0.29) is 12.5 Å². The largest absolute Gasteiger partial charge is 0.471 e. The van der Waals surface area contributed by atoms with E-state index in [2.05, 4.69) is 5.32 Å². The first-order valence-electron chi connectivity index (χ1n) is 7.12. The van der Waals surface area contributed by atoms with E-state index in [1.54, 1.807) is 5.32 Å². The second-order valence-electron chi connectivity index (χ2n) is 5.05. The lowest BCUT2D eigenvalue weighted by Gasteiger charge is -2.09. The molecule has 0 bridgehead atoms. The second kappa shape index (κ2) is 7.63. The highest BCUT2D eigenvalue weighted by Gasteiger charge is 2.38. The number of alkyl halides is 3. The molecule has 2 rings (SSSR count). The summed E-state index contributed by atoms with van der Waals surface area (Å²) in [5.41, 5.74) is 1.81. The van der Waals surface area contributed by atoms with Crippen LogP contribution in [0.3, 0.4) is 0 Å². The third kappa shape index (κ3) is 5.12. The molecule has 2 amide bonds. The van der Waals surface area contributed by atoms with E-state index >= 15 is 0 Å². The summed E-state index contributed by atoms with van der Waals surface area (Å²) in [4.78, 5) is 22.7. The van der Waals surface area contributed by atoms with Gasteiger partial charge in [0.25, 0.3) is 5.91 Å². The zero-order chi connectivity index (χ0) is 17.6. The fourth-order valence-corrected chi connectivity index (χ4v) is 1.94. The maximum absolute atomic E-state index is 12.1. The van der Waals surface area contributed by atoms with Crippen molar-refractivity contribution >= 4 is 11.8 Å². The van der Waals surface area contributed by atoms with Crippen molar-refractivity contribution in [2.45, 2.75) is 19.3 Å². The Balaban J connectivity index is 1.87. The molecule has 0 unspecified atom stereocenters. The van der Waals surface area contributed by atoms with Crippen molar-refractivity contribution in [3.05, 3.63) is 71.3 Å². The van der Waals surface area contributed by atoms with Gasteiger partial charge in [-0.25, -0.2) is 0 Å². The average molecular weight is 336 g/mol. The molecule has 126 valence electrons. The zero-order valence-electron chi connectivity index (χ0n) is 12.6. The first-order valence-corrected chi connectivity index (χ1v) is 7.12. The summed E-state index contributed by atoms with van der Waals surface area (Å²) >= 11 is 0. The second-order valence-corrected chi connectivity index (χ2v) is 5.05. The Morgan fingerprint density at radius 1 is 0.792 bits per heavy atom. The molecule has 0 atom stereocenters. The van der Waals surface area contributed by atoms with Crippen molar-refractivity contribution in [3.63, 3.8) is 0 Å². The molecular formula is C17H15F3N2O2. The highest BCUT2D eigenvalue weighted by Crippen LogP contribution is 2.14. The van der Waals surface area contributed by atoms with E-state index in [1.807, 2.05) is 30.3 Å². The Morgan fingerprint density at radius 3 is 1.92 bits per heavy atom. The molecule has 0 aliphatic carbocycles. The minimum absolute atomic E-state index is 0.260. The predicted molar refractivity (Wildman–Crippen MR) is 82.0 cm³/mol. The molecule has 2 aromatic rings. The van der Waals surface area contributed by atoms with Crippen LogP contribution in [0.1, 0.15) is 21.5 Å². The van der Waals surface area contributed by atoms with Crippen molar-refractivity contribution in [2.75, 3.05) is 0 Å². The van der Waals surface area contributed by atoms with E-state index in [1.165, 1.54) is 24.3 Å². The van der Waals surface area contributed by atoms with Crippen LogP contribution in [0.25, 0.3) is 0 Å². The van der Waals surface area contributed by atoms with Gasteiger partial charge >= 0.3 is 12.1 Å². The van der Waals surface area contributed by atoms with Crippen LogP contribution in [0.5, 0.6) is 0 Å². The highest BCUT2D eigenvalue weighted by molar-refractivity contribution is 5.94. The molecule has 2 N–H and O–H groups in total. The molecule has 0 radical (unpaired) electrons. The van der Waals surface area contributed by atoms with Gasteiger partial charge in [-0.1, -0.05) is 42.5 Å². The van der Waals surface area contributed by atoms with Gasteiger partial charge in [-0.2, -0.15) is 13.2 Å². The van der Waals surface area contributed by atoms with Crippen LogP contribution in [-0.4, -0.2) is 18.0 Å². The molecule has 0 saturated carbocycles. The van der Waals surface area contributed by atoms with Gasteiger partial charge in [0.15, 0.2) is 0 Å². The molecule has 0 spiro atoms. The van der Waals surface area contributed by atoms with Crippen LogP contribution in [0.2, 0.25) is 0 Å². The van der Waals surface area contributed by atoms with Gasteiger partial charge < -0.3 is 10.6 Å². The Kier molecular flexibility index (Phi) is 5.57. The third-order valence-electron chi connectivity index (χ3n) is 3.22. The Morgan fingerprint density at radius 2 is 1.33 bits per heavy atom. The molecule has 7 heteroatoms. The van der Waals surface area contributed by atoms with E-state index in [4.69, 9.17) is 0 Å². The molecule has 0 fully saturated rings. The fraction of sp³-hybridized carbons (Fsp3) is 0.176. The summed E-state index contributed by atoms with van der Waals surface area (Å²) < 4.78 is 36.2. The first-order chi connectivity index (χ1) is 11.4. The van der Waals surface area contributed by atoms with Crippen LogP contribution in [0.15, 0.2) is 54.6 Å². The van der Waals surface area contributed by atoms with Crippen molar-refractivity contribution in [1.82, 2.24) is 10.6 Å². The van der Waals surface area contributed by atoms with Crippen LogP contribution in [0, 0.1) is 0 Å². The van der Waals surface area contributed by atoms with Gasteiger partial charge in [0, 0.05) is 18.7 Å². The number of halogens is 3.